The van der Waals surface area contributed by atoms with E-state index < -0.39 is 16.1 Å². The molecule has 0 spiro atoms. The van der Waals surface area contributed by atoms with Crippen LogP contribution in [0, 0.1) is 6.92 Å². The normalized spacial score (nSPS) is 11.2. The van der Waals surface area contributed by atoms with Crippen LogP contribution in [0.2, 0.25) is 0 Å². The fourth-order valence-corrected chi connectivity index (χ4v) is 1.76. The second-order valence-corrected chi connectivity index (χ2v) is 4.83. The average Bonchev–Trinajstić information content (AvgIpc) is 2.18. The van der Waals surface area contributed by atoms with Crippen LogP contribution in [0.4, 0.5) is 11.4 Å². The van der Waals surface area contributed by atoms with E-state index in [1.807, 2.05) is 0 Å². The molecule has 0 saturated heterocycles. The number of hydrogen-bond donors (Lipinski definition) is 4. The molecule has 8 heteroatoms. The number of carboxylic acids is 1. The van der Waals surface area contributed by atoms with Crippen molar-refractivity contribution in [2.75, 3.05) is 17.6 Å². The molecule has 0 fully saturated rings. The molecule has 5 N–H and O–H groups in total. The van der Waals surface area contributed by atoms with Gasteiger partial charge in [0.2, 0.25) is 0 Å². The highest BCUT2D eigenvalue weighted by atomic mass is 32.2. The highest BCUT2D eigenvalue weighted by molar-refractivity contribution is 7.85. The van der Waals surface area contributed by atoms with Gasteiger partial charge in [-0.25, -0.2) is 0 Å². The second-order valence-electron chi connectivity index (χ2n) is 3.41. The van der Waals surface area contributed by atoms with Gasteiger partial charge in [0.15, 0.2) is 0 Å². The van der Waals surface area contributed by atoms with Crippen LogP contribution in [0.3, 0.4) is 0 Å². The zero-order valence-electron chi connectivity index (χ0n) is 8.97. The molecule has 1 aromatic rings. The van der Waals surface area contributed by atoms with Crippen molar-refractivity contribution in [2.45, 2.75) is 11.8 Å². The number of nitrogens with one attached hydrogen (secondary N) is 1. The minimum atomic E-state index is -4.37. The number of nitrogens with two attached hydrogens (primary N) is 1. The van der Waals surface area contributed by atoms with Gasteiger partial charge in [-0.15, -0.1) is 0 Å². The van der Waals surface area contributed by atoms with Gasteiger partial charge in [-0.05, 0) is 24.6 Å². The Hall–Kier alpha value is -1.80. The smallest absolute Gasteiger partial charge is 0.322 e. The highest BCUT2D eigenvalue weighted by Crippen LogP contribution is 2.25. The summed E-state index contributed by atoms with van der Waals surface area (Å²) in [6, 6.07) is 2.24. The molecule has 0 aromatic heterocycles. The molecular weight excluding hydrogens is 248 g/mol. The molecule has 0 unspecified atom stereocenters. The largest absolute Gasteiger partial charge is 0.480 e. The summed E-state index contributed by atoms with van der Waals surface area (Å²) in [6.45, 7) is 1.22. The number of nitrogen functional groups attached to an aromatic ring is 1. The number of aliphatic carboxylic acids is 1. The van der Waals surface area contributed by atoms with Crippen LogP contribution in [-0.4, -0.2) is 30.6 Å². The van der Waals surface area contributed by atoms with E-state index >= 15 is 0 Å². The maximum absolute atomic E-state index is 10.9. The Bertz CT molecular complexity index is 553. The molecule has 0 heterocycles. The van der Waals surface area contributed by atoms with Crippen molar-refractivity contribution >= 4 is 27.5 Å². The Morgan fingerprint density at radius 3 is 2.53 bits per heavy atom. The van der Waals surface area contributed by atoms with Crippen molar-refractivity contribution in [2.24, 2.45) is 0 Å². The molecule has 0 amide bonds. The first-order valence-corrected chi connectivity index (χ1v) is 5.99. The van der Waals surface area contributed by atoms with Crippen LogP contribution in [0.15, 0.2) is 17.0 Å². The first-order valence-electron chi connectivity index (χ1n) is 4.55. The van der Waals surface area contributed by atoms with E-state index in [9.17, 15) is 13.2 Å². The Labute approximate surface area is 98.0 Å². The third kappa shape index (κ3) is 3.33. The molecule has 0 atom stereocenters. The van der Waals surface area contributed by atoms with Crippen molar-refractivity contribution in [3.63, 3.8) is 0 Å². The minimum Gasteiger partial charge on any atom is -0.480 e. The molecule has 7 nitrogen and oxygen atoms in total. The molecule has 0 bridgehead atoms. The summed E-state index contributed by atoms with van der Waals surface area (Å²) in [5, 5.41) is 11.0. The van der Waals surface area contributed by atoms with Gasteiger partial charge in [0.25, 0.3) is 10.1 Å². The van der Waals surface area contributed by atoms with Crippen LogP contribution >= 0.6 is 0 Å². The number of carbonyl (C=O) groups is 1. The standard InChI is InChI=1S/C9H12N2O5S/c1-5-7(10)2-6(17(14,15)16)3-8(5)11-4-9(12)13/h2-3,11H,4,10H2,1H3,(H,12,13)(H,14,15,16). The van der Waals surface area contributed by atoms with Gasteiger partial charge in [-0.1, -0.05) is 0 Å². The zero-order valence-corrected chi connectivity index (χ0v) is 9.78. The number of rotatable bonds is 4. The first kappa shape index (κ1) is 13.3. The summed E-state index contributed by atoms with van der Waals surface area (Å²) < 4.78 is 30.8. The fourth-order valence-electron chi connectivity index (χ4n) is 1.21. The highest BCUT2D eigenvalue weighted by Gasteiger charge is 2.14. The van der Waals surface area contributed by atoms with E-state index in [4.69, 9.17) is 15.4 Å². The first-order chi connectivity index (χ1) is 7.71. The van der Waals surface area contributed by atoms with E-state index in [0.717, 1.165) is 12.1 Å². The van der Waals surface area contributed by atoms with E-state index in [1.54, 1.807) is 6.92 Å². The van der Waals surface area contributed by atoms with Gasteiger partial charge in [0.05, 0.1) is 4.90 Å². The van der Waals surface area contributed by atoms with Gasteiger partial charge in [0.1, 0.15) is 6.54 Å². The van der Waals surface area contributed by atoms with Crippen molar-refractivity contribution in [1.82, 2.24) is 0 Å². The van der Waals surface area contributed by atoms with Crippen molar-refractivity contribution in [3.8, 4) is 0 Å². The summed E-state index contributed by atoms with van der Waals surface area (Å²) in [4.78, 5) is 10.0. The molecule has 1 aromatic carbocycles. The fraction of sp³-hybridized carbons (Fsp3) is 0.222. The van der Waals surface area contributed by atoms with Crippen molar-refractivity contribution in [1.29, 1.82) is 0 Å². The summed E-state index contributed by atoms with van der Waals surface area (Å²) in [5.41, 5.74) is 6.47. The number of hydrogen-bond acceptors (Lipinski definition) is 5. The Kier molecular flexibility index (Phi) is 3.59. The molecule has 1 rings (SSSR count). The lowest BCUT2D eigenvalue weighted by molar-refractivity contribution is -0.134. The van der Waals surface area contributed by atoms with E-state index in [0.29, 0.717) is 5.56 Å². The molecule has 94 valence electrons. The van der Waals surface area contributed by atoms with Crippen LogP contribution in [0.1, 0.15) is 5.56 Å². The predicted molar refractivity (Wildman–Crippen MR) is 61.5 cm³/mol. The van der Waals surface area contributed by atoms with Gasteiger partial charge in [-0.2, -0.15) is 8.42 Å². The third-order valence-electron chi connectivity index (χ3n) is 2.15. The molecule has 0 radical (unpaired) electrons. The van der Waals surface area contributed by atoms with Gasteiger partial charge in [-0.3, -0.25) is 9.35 Å². The third-order valence-corrected chi connectivity index (χ3v) is 2.98. The maximum Gasteiger partial charge on any atom is 0.322 e. The zero-order chi connectivity index (χ0) is 13.2. The minimum absolute atomic E-state index is 0.146. The lowest BCUT2D eigenvalue weighted by Crippen LogP contribution is -2.14. The Balaban J connectivity index is 3.21. The van der Waals surface area contributed by atoms with Crippen LogP contribution in [0.5, 0.6) is 0 Å². The SMILES string of the molecule is Cc1c(N)cc(S(=O)(=O)O)cc1NCC(=O)O. The lowest BCUT2D eigenvalue weighted by Gasteiger charge is -2.11. The van der Waals surface area contributed by atoms with Crippen molar-refractivity contribution in [3.05, 3.63) is 17.7 Å². The predicted octanol–water partition coefficient (Wildman–Crippen LogP) is 0.320. The summed E-state index contributed by atoms with van der Waals surface area (Å²) in [5.74, 6) is -1.10. The lowest BCUT2D eigenvalue weighted by atomic mass is 10.1. The van der Waals surface area contributed by atoms with Gasteiger partial charge in [0, 0.05) is 11.4 Å². The van der Waals surface area contributed by atoms with E-state index in [1.165, 1.54) is 0 Å². The Morgan fingerprint density at radius 2 is 2.06 bits per heavy atom. The average molecular weight is 260 g/mol. The second kappa shape index (κ2) is 4.60. The van der Waals surface area contributed by atoms with Crippen molar-refractivity contribution < 1.29 is 22.9 Å². The topological polar surface area (TPSA) is 130 Å². The molecular formula is C9H12N2O5S. The summed E-state index contributed by atoms with van der Waals surface area (Å²) >= 11 is 0. The van der Waals surface area contributed by atoms with E-state index in [-0.39, 0.29) is 22.8 Å². The van der Waals surface area contributed by atoms with Crippen LogP contribution in [-0.2, 0) is 14.9 Å². The van der Waals surface area contributed by atoms with Gasteiger partial charge < -0.3 is 16.2 Å². The summed E-state index contributed by atoms with van der Waals surface area (Å²) in [7, 11) is -4.37. The van der Waals surface area contributed by atoms with Crippen LogP contribution < -0.4 is 11.1 Å². The molecule has 0 saturated carbocycles. The number of anilines is 2. The number of benzene rings is 1. The molecule has 0 aliphatic heterocycles. The quantitative estimate of drug-likeness (QED) is 0.453. The molecule has 17 heavy (non-hydrogen) atoms. The summed E-state index contributed by atoms with van der Waals surface area (Å²) in [6.07, 6.45) is 0. The molecule has 0 aliphatic carbocycles. The number of carboxylic acid groups (broad SMARTS) is 1. The molecule has 0 aliphatic rings. The Morgan fingerprint density at radius 1 is 1.47 bits per heavy atom. The van der Waals surface area contributed by atoms with E-state index in [2.05, 4.69) is 5.32 Å². The van der Waals surface area contributed by atoms with Gasteiger partial charge >= 0.3 is 5.97 Å². The monoisotopic (exact) mass is 260 g/mol. The van der Waals surface area contributed by atoms with Crippen LogP contribution in [0.25, 0.3) is 0 Å². The maximum atomic E-state index is 10.9.